The molecule has 2 aromatic rings. The Labute approximate surface area is 87.3 Å². The van der Waals surface area contributed by atoms with Gasteiger partial charge in [-0.1, -0.05) is 0 Å². The second-order valence-electron chi connectivity index (χ2n) is 2.62. The third-order valence-corrected chi connectivity index (χ3v) is 2.44. The summed E-state index contributed by atoms with van der Waals surface area (Å²) in [6, 6.07) is 0. The van der Waals surface area contributed by atoms with Gasteiger partial charge < -0.3 is 10.1 Å². The Morgan fingerprint density at radius 3 is 2.80 bits per heavy atom. The molecule has 0 atom stereocenters. The number of thiazole rings is 1. The van der Waals surface area contributed by atoms with Gasteiger partial charge in [0.25, 0.3) is 5.56 Å². The first kappa shape index (κ1) is 9.53. The van der Waals surface area contributed by atoms with E-state index in [-0.39, 0.29) is 11.4 Å². The molecule has 2 N–H and O–H groups in total. The molecule has 0 radical (unpaired) electrons. The molecule has 0 amide bonds. The summed E-state index contributed by atoms with van der Waals surface area (Å²) >= 11 is 1.31. The lowest BCUT2D eigenvalue weighted by molar-refractivity contribution is 0.0694. The van der Waals surface area contributed by atoms with Gasteiger partial charge in [-0.2, -0.15) is 0 Å². The summed E-state index contributed by atoms with van der Waals surface area (Å²) in [7, 11) is 0. The molecule has 15 heavy (non-hydrogen) atoms. The number of carbonyl (C=O) groups is 1. The summed E-state index contributed by atoms with van der Waals surface area (Å²) in [4.78, 5) is 31.9. The number of aromatic amines is 1. The number of carboxylic acid groups (broad SMARTS) is 1. The largest absolute Gasteiger partial charge is 0.477 e. The Morgan fingerprint density at radius 2 is 2.27 bits per heavy atom. The van der Waals surface area contributed by atoms with E-state index in [0.29, 0.717) is 5.01 Å². The molecule has 0 fully saturated rings. The maximum Gasteiger partial charge on any atom is 0.342 e. The van der Waals surface area contributed by atoms with Gasteiger partial charge in [0, 0.05) is 17.8 Å². The minimum atomic E-state index is -1.30. The Hall–Kier alpha value is -2.02. The van der Waals surface area contributed by atoms with Crippen molar-refractivity contribution in [1.82, 2.24) is 15.0 Å². The standard InChI is InChI=1S/C8H5N3O3S/c12-6-4(8(13)14)3-10-5(11-6)7-9-1-2-15-7/h1-3H,(H,13,14)(H,10,11,12). The number of nitrogens with zero attached hydrogens (tertiary/aromatic N) is 2. The van der Waals surface area contributed by atoms with Crippen LogP contribution in [0.4, 0.5) is 0 Å². The third kappa shape index (κ3) is 1.77. The predicted octanol–water partition coefficient (Wildman–Crippen LogP) is 0.592. The van der Waals surface area contributed by atoms with Crippen molar-refractivity contribution < 1.29 is 9.90 Å². The van der Waals surface area contributed by atoms with Crippen LogP contribution in [0, 0.1) is 0 Å². The van der Waals surface area contributed by atoms with E-state index < -0.39 is 11.5 Å². The fourth-order valence-corrected chi connectivity index (χ4v) is 1.58. The summed E-state index contributed by atoms with van der Waals surface area (Å²) < 4.78 is 0. The number of hydrogen-bond donors (Lipinski definition) is 2. The van der Waals surface area contributed by atoms with Crippen LogP contribution in [0.15, 0.2) is 22.6 Å². The molecule has 6 nitrogen and oxygen atoms in total. The highest BCUT2D eigenvalue weighted by molar-refractivity contribution is 7.12. The number of nitrogens with one attached hydrogen (secondary N) is 1. The van der Waals surface area contributed by atoms with Crippen LogP contribution in [0.3, 0.4) is 0 Å². The van der Waals surface area contributed by atoms with Gasteiger partial charge in [0.05, 0.1) is 0 Å². The highest BCUT2D eigenvalue weighted by Crippen LogP contribution is 2.15. The first-order valence-electron chi connectivity index (χ1n) is 3.91. The van der Waals surface area contributed by atoms with Gasteiger partial charge >= 0.3 is 5.97 Å². The smallest absolute Gasteiger partial charge is 0.342 e. The summed E-state index contributed by atoms with van der Waals surface area (Å²) in [5.74, 6) is -1.02. The van der Waals surface area contributed by atoms with Gasteiger partial charge in [0.1, 0.15) is 5.56 Å². The number of H-pyrrole nitrogens is 1. The zero-order chi connectivity index (χ0) is 10.8. The van der Waals surface area contributed by atoms with Crippen LogP contribution in [-0.4, -0.2) is 26.0 Å². The molecule has 76 valence electrons. The number of rotatable bonds is 2. The van der Waals surface area contributed by atoms with Crippen molar-refractivity contribution in [1.29, 1.82) is 0 Å². The van der Waals surface area contributed by atoms with E-state index in [1.807, 2.05) is 0 Å². The van der Waals surface area contributed by atoms with Gasteiger partial charge in [0.2, 0.25) is 0 Å². The van der Waals surface area contributed by atoms with E-state index in [9.17, 15) is 9.59 Å². The van der Waals surface area contributed by atoms with Crippen LogP contribution in [0.1, 0.15) is 10.4 Å². The average Bonchev–Trinajstić information content (AvgIpc) is 2.69. The van der Waals surface area contributed by atoms with Crippen LogP contribution >= 0.6 is 11.3 Å². The van der Waals surface area contributed by atoms with Crippen molar-refractivity contribution in [2.45, 2.75) is 0 Å². The van der Waals surface area contributed by atoms with E-state index >= 15 is 0 Å². The molecule has 0 saturated heterocycles. The maximum absolute atomic E-state index is 11.3. The van der Waals surface area contributed by atoms with Crippen molar-refractivity contribution in [2.24, 2.45) is 0 Å². The zero-order valence-electron chi connectivity index (χ0n) is 7.30. The topological polar surface area (TPSA) is 95.9 Å². The number of carboxylic acids is 1. The predicted molar refractivity (Wildman–Crippen MR) is 52.9 cm³/mol. The van der Waals surface area contributed by atoms with Gasteiger partial charge in [-0.15, -0.1) is 11.3 Å². The summed E-state index contributed by atoms with van der Waals surface area (Å²) in [5.41, 5.74) is -1.06. The lowest BCUT2D eigenvalue weighted by Gasteiger charge is -1.96. The first-order valence-corrected chi connectivity index (χ1v) is 4.79. The molecular formula is C8H5N3O3S. The molecule has 0 spiro atoms. The quantitative estimate of drug-likeness (QED) is 0.776. The molecule has 0 aliphatic heterocycles. The maximum atomic E-state index is 11.3. The first-order chi connectivity index (χ1) is 7.18. The van der Waals surface area contributed by atoms with Crippen LogP contribution in [0.2, 0.25) is 0 Å². The van der Waals surface area contributed by atoms with Crippen LogP contribution < -0.4 is 5.56 Å². The summed E-state index contributed by atoms with van der Waals surface area (Å²) in [6.07, 6.45) is 2.60. The van der Waals surface area contributed by atoms with Gasteiger partial charge in [-0.05, 0) is 0 Å². The van der Waals surface area contributed by atoms with E-state index in [4.69, 9.17) is 5.11 Å². The molecule has 2 rings (SSSR count). The monoisotopic (exact) mass is 223 g/mol. The minimum absolute atomic E-state index is 0.278. The van der Waals surface area contributed by atoms with Crippen molar-refractivity contribution >= 4 is 17.3 Å². The number of aromatic carboxylic acids is 1. The molecular weight excluding hydrogens is 218 g/mol. The Bertz CT molecular complexity index is 547. The van der Waals surface area contributed by atoms with Crippen LogP contribution in [0.25, 0.3) is 10.8 Å². The molecule has 0 aliphatic carbocycles. The molecule has 7 heteroatoms. The van der Waals surface area contributed by atoms with Crippen molar-refractivity contribution in [3.05, 3.63) is 33.7 Å². The highest BCUT2D eigenvalue weighted by Gasteiger charge is 2.11. The summed E-state index contributed by atoms with van der Waals surface area (Å²) in [5, 5.41) is 10.9. The molecule has 0 unspecified atom stereocenters. The minimum Gasteiger partial charge on any atom is -0.477 e. The van der Waals surface area contributed by atoms with Crippen LogP contribution in [-0.2, 0) is 0 Å². The van der Waals surface area contributed by atoms with E-state index in [0.717, 1.165) is 6.20 Å². The van der Waals surface area contributed by atoms with Gasteiger partial charge in [-0.25, -0.2) is 14.8 Å². The van der Waals surface area contributed by atoms with Gasteiger partial charge in [-0.3, -0.25) is 4.79 Å². The highest BCUT2D eigenvalue weighted by atomic mass is 32.1. The van der Waals surface area contributed by atoms with E-state index in [1.54, 1.807) is 11.6 Å². The second kappa shape index (κ2) is 3.62. The second-order valence-corrected chi connectivity index (χ2v) is 3.51. The van der Waals surface area contributed by atoms with Crippen molar-refractivity contribution in [3.63, 3.8) is 0 Å². The van der Waals surface area contributed by atoms with Gasteiger partial charge in [0.15, 0.2) is 10.8 Å². The molecule has 0 bridgehead atoms. The van der Waals surface area contributed by atoms with E-state index in [2.05, 4.69) is 15.0 Å². The molecule has 0 aromatic carbocycles. The summed E-state index contributed by atoms with van der Waals surface area (Å²) in [6.45, 7) is 0. The normalized spacial score (nSPS) is 10.1. The van der Waals surface area contributed by atoms with E-state index in [1.165, 1.54) is 11.3 Å². The zero-order valence-corrected chi connectivity index (χ0v) is 8.11. The SMILES string of the molecule is O=C(O)c1cnc(-c2nccs2)[nH]c1=O. The average molecular weight is 223 g/mol. The lowest BCUT2D eigenvalue weighted by Crippen LogP contribution is -2.18. The lowest BCUT2D eigenvalue weighted by atomic mass is 10.3. The van der Waals surface area contributed by atoms with Crippen molar-refractivity contribution in [3.8, 4) is 10.8 Å². The number of hydrogen-bond acceptors (Lipinski definition) is 5. The van der Waals surface area contributed by atoms with Crippen LogP contribution in [0.5, 0.6) is 0 Å². The Morgan fingerprint density at radius 1 is 1.47 bits per heavy atom. The fraction of sp³-hybridized carbons (Fsp3) is 0. The van der Waals surface area contributed by atoms with Crippen molar-refractivity contribution in [2.75, 3.05) is 0 Å². The molecule has 2 aromatic heterocycles. The molecule has 2 heterocycles. The molecule has 0 aliphatic rings. The molecule has 0 saturated carbocycles. The number of aromatic nitrogens is 3. The Balaban J connectivity index is 2.52. The fourth-order valence-electron chi connectivity index (χ4n) is 0.996. The Kier molecular flexibility index (Phi) is 2.30. The third-order valence-electron chi connectivity index (χ3n) is 1.66.